The molecule has 0 N–H and O–H groups in total. The maximum atomic E-state index is 6.67. The maximum Gasteiger partial charge on any atom is 0.221 e. The Morgan fingerprint density at radius 1 is 2.50 bits per heavy atom. The molecule has 0 spiro atoms. The van der Waals surface area contributed by atoms with Gasteiger partial charge >= 0.3 is 0 Å². The van der Waals surface area contributed by atoms with Crippen molar-refractivity contribution in [3.05, 3.63) is 0 Å². The van der Waals surface area contributed by atoms with Gasteiger partial charge in [0.2, 0.25) is 6.68 Å². The molecule has 0 aliphatic carbocycles. The molecule has 0 bridgehead atoms. The van der Waals surface area contributed by atoms with Gasteiger partial charge in [0.15, 0.2) is 0 Å². The SMILES string of the molecule is [3H]B(P)P=S. The molecule has 4 heteroatoms. The molecule has 0 aromatic rings. The molecular weight excluding hydrogens is 105 g/mol. The van der Waals surface area contributed by atoms with Crippen molar-refractivity contribution in [3.8, 4) is 0 Å². The molecule has 1 unspecified atom stereocenters. The molecule has 0 amide bonds. The summed E-state index contributed by atoms with van der Waals surface area (Å²) in [5.41, 5.74) is 0. The number of hydrogen-bond acceptors (Lipinski definition) is 1. The third-order valence-corrected chi connectivity index (χ3v) is 1.64. The fourth-order valence-electron chi connectivity index (χ4n) is 0. The summed E-state index contributed by atoms with van der Waals surface area (Å²) in [5.74, 6) is 0. The van der Waals surface area contributed by atoms with Gasteiger partial charge in [-0.05, 0) is 1.34 Å². The van der Waals surface area contributed by atoms with Gasteiger partial charge in [0.1, 0.15) is 0 Å². The summed E-state index contributed by atoms with van der Waals surface area (Å²) < 4.78 is 6.67. The second-order valence-electron chi connectivity index (χ2n) is 0.254. The lowest BCUT2D eigenvalue weighted by molar-refractivity contribution is 4.78. The Labute approximate surface area is 36.9 Å². The molecule has 0 aliphatic heterocycles. The third-order valence-electron chi connectivity index (χ3n) is 0.0609. The molecule has 0 saturated heterocycles. The predicted molar refractivity (Wildman–Crippen MR) is 31.1 cm³/mol. The molecule has 0 aromatic carbocycles. The van der Waals surface area contributed by atoms with E-state index in [9.17, 15) is 0 Å². The minimum atomic E-state index is -0.162. The molecular formula is H3BP2S. The highest BCUT2D eigenvalue weighted by Gasteiger charge is 1.56. The van der Waals surface area contributed by atoms with E-state index in [0.717, 1.165) is 0 Å². The van der Waals surface area contributed by atoms with E-state index in [-0.39, 0.29) is 6.68 Å². The minimum Gasteiger partial charge on any atom is -0.164 e. The van der Waals surface area contributed by atoms with Gasteiger partial charge in [-0.2, -0.15) is 9.12 Å². The van der Waals surface area contributed by atoms with Crippen LogP contribution in [0.25, 0.3) is 0 Å². The van der Waals surface area contributed by atoms with Crippen molar-refractivity contribution >= 4 is 34.8 Å². The molecule has 0 aromatic heterocycles. The second kappa shape index (κ2) is 4.01. The molecule has 4 heavy (non-hydrogen) atoms. The zero-order valence-electron chi connectivity index (χ0n) is 3.01. The summed E-state index contributed by atoms with van der Waals surface area (Å²) >= 11 is 4.44. The van der Waals surface area contributed by atoms with Crippen molar-refractivity contribution < 1.29 is 0 Å². The Bertz CT molecular complexity index is 36.6. The van der Waals surface area contributed by atoms with Gasteiger partial charge in [-0.15, -0.1) is 0 Å². The van der Waals surface area contributed by atoms with E-state index >= 15 is 0 Å². The topological polar surface area (TPSA) is 0 Å². The summed E-state index contributed by atoms with van der Waals surface area (Å²) in [5, 5.41) is 0. The molecule has 1 atom stereocenters. The van der Waals surface area contributed by atoms with Crippen molar-refractivity contribution in [2.45, 2.75) is 0 Å². The van der Waals surface area contributed by atoms with Crippen LogP contribution in [-0.2, 0) is 11.8 Å². The van der Waals surface area contributed by atoms with Crippen molar-refractivity contribution in [3.63, 3.8) is 0 Å². The monoisotopic (exact) mass is 110 g/mol. The molecule has 0 heterocycles. The Morgan fingerprint density at radius 2 is 2.75 bits per heavy atom. The normalized spacial score (nSPS) is 10.8. The van der Waals surface area contributed by atoms with Crippen LogP contribution >= 0.6 is 16.4 Å². The van der Waals surface area contributed by atoms with Crippen LogP contribution in [0.4, 0.5) is 0 Å². The van der Waals surface area contributed by atoms with Gasteiger partial charge in [-0.1, -0.05) is 19.0 Å². The van der Waals surface area contributed by atoms with Gasteiger partial charge in [0, 0.05) is 0 Å². The molecule has 0 radical (unpaired) electrons. The van der Waals surface area contributed by atoms with E-state index in [4.69, 9.17) is 1.34 Å². The fourth-order valence-corrected chi connectivity index (χ4v) is 0. The van der Waals surface area contributed by atoms with E-state index < -0.39 is 0 Å². The average molecular weight is 110 g/mol. The van der Waals surface area contributed by atoms with Crippen LogP contribution in [0.1, 0.15) is 0 Å². The van der Waals surface area contributed by atoms with Gasteiger partial charge in [-0.25, -0.2) is 0 Å². The van der Waals surface area contributed by atoms with Crippen LogP contribution in [0.3, 0.4) is 0 Å². The van der Waals surface area contributed by atoms with E-state index in [1.165, 1.54) is 0 Å². The lowest BCUT2D eigenvalue weighted by Crippen LogP contribution is -1.37. The van der Waals surface area contributed by atoms with Crippen LogP contribution in [-0.4, -0.2) is 8.02 Å². The Hall–Kier alpha value is 1.01. The third kappa shape index (κ3) is 3.01. The lowest BCUT2D eigenvalue weighted by Gasteiger charge is -1.48. The van der Waals surface area contributed by atoms with Crippen molar-refractivity contribution in [1.82, 2.24) is 0 Å². The fraction of sp³-hybridized carbons (Fsp3) is 0. The average Bonchev–Trinajstić information content (AvgIpc) is 1.38. The van der Waals surface area contributed by atoms with Crippen LogP contribution in [0.5, 0.6) is 0 Å². The van der Waals surface area contributed by atoms with Crippen LogP contribution in [0.2, 0.25) is 0 Å². The predicted octanol–water partition coefficient (Wildman–Crippen LogP) is 0.536. The molecule has 0 fully saturated rings. The minimum absolute atomic E-state index is 0.162. The highest BCUT2D eigenvalue weighted by Crippen LogP contribution is 1.89. The lowest BCUT2D eigenvalue weighted by atomic mass is 10.7. The van der Waals surface area contributed by atoms with E-state index in [2.05, 4.69) is 20.9 Å². The Balaban J connectivity index is 2.83. The highest BCUT2D eigenvalue weighted by molar-refractivity contribution is 8.17. The van der Waals surface area contributed by atoms with Gasteiger partial charge in [-0.3, -0.25) is 0 Å². The molecule has 0 aliphatic rings. The molecule has 0 saturated carbocycles. The van der Waals surface area contributed by atoms with Crippen molar-refractivity contribution in [2.75, 3.05) is 0 Å². The molecule has 0 nitrogen and oxygen atoms in total. The summed E-state index contributed by atoms with van der Waals surface area (Å²) in [6.45, 7) is -0.162. The van der Waals surface area contributed by atoms with Crippen LogP contribution in [0.15, 0.2) is 0 Å². The molecule has 0 rings (SSSR count). The first kappa shape index (κ1) is 3.21. The van der Waals surface area contributed by atoms with Crippen LogP contribution < -0.4 is 0 Å². The standard InChI is InChI=1S/BH3P2S/c2-1-3-4/h1H,2H2/i1T. The van der Waals surface area contributed by atoms with E-state index in [1.807, 2.05) is 0 Å². The first-order valence-corrected chi connectivity index (χ1v) is 3.42. The van der Waals surface area contributed by atoms with E-state index in [0.29, 0.717) is 7.23 Å². The first-order valence-electron chi connectivity index (χ1n) is 1.35. The maximum absolute atomic E-state index is 6.67. The quantitative estimate of drug-likeness (QED) is 0.350. The van der Waals surface area contributed by atoms with E-state index in [1.54, 1.807) is 0 Å². The zero-order valence-corrected chi connectivity index (χ0v) is 4.88. The van der Waals surface area contributed by atoms with Gasteiger partial charge in [0.05, 0.1) is 0 Å². The Morgan fingerprint density at radius 3 is 2.75 bits per heavy atom. The van der Waals surface area contributed by atoms with Crippen LogP contribution in [0, 0.1) is 0 Å². The summed E-state index contributed by atoms with van der Waals surface area (Å²) in [7, 11) is 2.99. The number of rotatable bonds is 1. The second-order valence-corrected chi connectivity index (χ2v) is 2.29. The first-order chi connectivity index (χ1) is 2.27. The van der Waals surface area contributed by atoms with Crippen molar-refractivity contribution in [2.24, 2.45) is 0 Å². The van der Waals surface area contributed by atoms with Gasteiger partial charge < -0.3 is 0 Å². The zero-order chi connectivity index (χ0) is 4.28. The smallest absolute Gasteiger partial charge is 0.164 e. The number of hydrogen-bond donors (Lipinski definition) is 0. The summed E-state index contributed by atoms with van der Waals surface area (Å²) in [6, 6.07) is 0. The molecule has 22 valence electrons. The summed E-state index contributed by atoms with van der Waals surface area (Å²) in [6.07, 6.45) is 0. The highest BCUT2D eigenvalue weighted by atomic mass is 32.4. The summed E-state index contributed by atoms with van der Waals surface area (Å²) in [4.78, 5) is 0. The Kier molecular flexibility index (Phi) is 3.23. The van der Waals surface area contributed by atoms with Gasteiger partial charge in [0.25, 0.3) is 0 Å². The van der Waals surface area contributed by atoms with Crippen molar-refractivity contribution in [1.29, 1.82) is 1.34 Å². The largest absolute Gasteiger partial charge is 0.221 e.